The number of benzene rings is 2. The van der Waals surface area contributed by atoms with E-state index in [4.69, 9.17) is 5.73 Å². The number of amides is 2. The molecule has 2 amide bonds. The van der Waals surface area contributed by atoms with Crippen LogP contribution in [-0.4, -0.2) is 27.2 Å². The van der Waals surface area contributed by atoms with Crippen molar-refractivity contribution in [2.24, 2.45) is 5.73 Å². The van der Waals surface area contributed by atoms with Crippen LogP contribution < -0.4 is 10.8 Å². The van der Waals surface area contributed by atoms with Crippen LogP contribution in [0.5, 0.6) is 0 Å². The molecular weight excluding hydrogens is 284 g/mol. The van der Waals surface area contributed by atoms with E-state index in [0.717, 1.165) is 5.39 Å². The first-order valence-electron chi connectivity index (χ1n) is 6.42. The van der Waals surface area contributed by atoms with Gasteiger partial charge in [0.25, 0.3) is 5.91 Å². The van der Waals surface area contributed by atoms with Crippen LogP contribution >= 0.6 is 0 Å². The number of carbonyl (C=O) groups excluding carboxylic acids is 2. The van der Waals surface area contributed by atoms with Crippen LogP contribution in [0.15, 0.2) is 48.7 Å². The fourth-order valence-corrected chi connectivity index (χ4v) is 2.13. The van der Waals surface area contributed by atoms with Crippen LogP contribution in [0.4, 0.5) is 5.82 Å². The van der Waals surface area contributed by atoms with Crippen molar-refractivity contribution in [3.63, 3.8) is 0 Å². The van der Waals surface area contributed by atoms with Gasteiger partial charge in [-0.25, -0.2) is 0 Å². The van der Waals surface area contributed by atoms with Crippen molar-refractivity contribution >= 4 is 28.4 Å². The lowest BCUT2D eigenvalue weighted by Crippen LogP contribution is -2.27. The molecule has 110 valence electrons. The minimum atomic E-state index is -0.615. The van der Waals surface area contributed by atoms with Crippen LogP contribution in [-0.2, 0) is 0 Å². The number of hydrogen-bond donors (Lipinski definition) is 3. The number of fused-ring (bicyclic) bond motifs is 1. The van der Waals surface area contributed by atoms with Crippen molar-refractivity contribution < 1.29 is 14.8 Å². The van der Waals surface area contributed by atoms with Gasteiger partial charge in [-0.05, 0) is 35.0 Å². The molecule has 1 heterocycles. The Bertz CT molecular complexity index is 858. The summed E-state index contributed by atoms with van der Waals surface area (Å²) in [5.74, 6) is -0.994. The predicted molar refractivity (Wildman–Crippen MR) is 79.6 cm³/mol. The minimum Gasteiger partial charge on any atom is -0.366 e. The molecule has 1 aromatic heterocycles. The van der Waals surface area contributed by atoms with Gasteiger partial charge in [0.15, 0.2) is 5.82 Å². The standard InChI is InChI=1S/C15H12N4O3/c16-14(20)10-3-1-9-2-4-11(8-12(9)7-10)15(21)19(22)13-5-6-17-18-13/h1-8,22H,(H2,16,20)(H,17,18). The average molecular weight is 296 g/mol. The fraction of sp³-hybridized carbons (Fsp3) is 0. The van der Waals surface area contributed by atoms with E-state index in [2.05, 4.69) is 10.2 Å². The lowest BCUT2D eigenvalue weighted by molar-refractivity contribution is 0.0851. The molecule has 7 heteroatoms. The van der Waals surface area contributed by atoms with E-state index in [1.165, 1.54) is 12.3 Å². The van der Waals surface area contributed by atoms with E-state index in [1.54, 1.807) is 36.4 Å². The summed E-state index contributed by atoms with van der Waals surface area (Å²) in [6.45, 7) is 0. The topological polar surface area (TPSA) is 112 Å². The van der Waals surface area contributed by atoms with E-state index < -0.39 is 11.8 Å². The number of nitrogens with zero attached hydrogens (tertiary/aromatic N) is 2. The van der Waals surface area contributed by atoms with Crippen molar-refractivity contribution in [3.8, 4) is 0 Å². The summed E-state index contributed by atoms with van der Waals surface area (Å²) in [6, 6.07) is 11.3. The average Bonchev–Trinajstić information content (AvgIpc) is 3.06. The minimum absolute atomic E-state index is 0.163. The van der Waals surface area contributed by atoms with Gasteiger partial charge in [-0.15, -0.1) is 0 Å². The highest BCUT2D eigenvalue weighted by atomic mass is 16.5. The third kappa shape index (κ3) is 2.40. The van der Waals surface area contributed by atoms with E-state index in [0.29, 0.717) is 16.0 Å². The van der Waals surface area contributed by atoms with Gasteiger partial charge in [0.2, 0.25) is 5.91 Å². The number of nitrogens with two attached hydrogens (primary N) is 1. The molecule has 0 aliphatic heterocycles. The number of anilines is 1. The summed E-state index contributed by atoms with van der Waals surface area (Å²) in [6.07, 6.45) is 1.42. The normalized spacial score (nSPS) is 10.6. The molecule has 0 saturated heterocycles. The van der Waals surface area contributed by atoms with Crippen molar-refractivity contribution in [2.75, 3.05) is 5.06 Å². The van der Waals surface area contributed by atoms with Gasteiger partial charge >= 0.3 is 0 Å². The Morgan fingerprint density at radius 1 is 1.05 bits per heavy atom. The summed E-state index contributed by atoms with van der Waals surface area (Å²) in [5.41, 5.74) is 5.87. The third-order valence-corrected chi connectivity index (χ3v) is 3.28. The zero-order valence-electron chi connectivity index (χ0n) is 11.4. The number of nitrogens with one attached hydrogen (secondary N) is 1. The number of hydrogen-bond acceptors (Lipinski definition) is 4. The second kappa shape index (κ2) is 5.30. The van der Waals surface area contributed by atoms with Crippen LogP contribution in [0.2, 0.25) is 0 Å². The highest BCUT2D eigenvalue weighted by Gasteiger charge is 2.17. The molecule has 0 aliphatic carbocycles. The Kier molecular flexibility index (Phi) is 3.32. The summed E-state index contributed by atoms with van der Waals surface area (Å²) in [7, 11) is 0. The van der Waals surface area contributed by atoms with Gasteiger partial charge in [-0.2, -0.15) is 10.2 Å². The first-order chi connectivity index (χ1) is 10.6. The lowest BCUT2D eigenvalue weighted by Gasteiger charge is -2.12. The van der Waals surface area contributed by atoms with Gasteiger partial charge in [-0.3, -0.25) is 19.9 Å². The van der Waals surface area contributed by atoms with Crippen molar-refractivity contribution in [1.82, 2.24) is 10.2 Å². The highest BCUT2D eigenvalue weighted by Crippen LogP contribution is 2.20. The zero-order chi connectivity index (χ0) is 15.7. The Hall–Kier alpha value is -3.19. The summed E-state index contributed by atoms with van der Waals surface area (Å²) in [4.78, 5) is 23.5. The molecule has 3 aromatic rings. The quantitative estimate of drug-likeness (QED) is 0.504. The molecule has 7 nitrogen and oxygen atoms in total. The molecule has 0 fully saturated rings. The molecule has 0 bridgehead atoms. The van der Waals surface area contributed by atoms with Crippen LogP contribution in [0.3, 0.4) is 0 Å². The number of aromatic nitrogens is 2. The predicted octanol–water partition coefficient (Wildman–Crippen LogP) is 1.70. The number of carbonyl (C=O) groups is 2. The van der Waals surface area contributed by atoms with Gasteiger partial charge in [0.05, 0.1) is 6.20 Å². The Labute approximate surface area is 124 Å². The molecule has 0 unspecified atom stereocenters. The first kappa shape index (κ1) is 13.8. The Morgan fingerprint density at radius 3 is 2.36 bits per heavy atom. The molecule has 0 spiro atoms. The molecule has 0 radical (unpaired) electrons. The second-order valence-electron chi connectivity index (χ2n) is 4.70. The number of primary amides is 1. The summed E-state index contributed by atoms with van der Waals surface area (Å²) < 4.78 is 0. The third-order valence-electron chi connectivity index (χ3n) is 3.28. The zero-order valence-corrected chi connectivity index (χ0v) is 11.4. The first-order valence-corrected chi connectivity index (χ1v) is 6.42. The van der Waals surface area contributed by atoms with Gasteiger partial charge < -0.3 is 5.73 Å². The van der Waals surface area contributed by atoms with Gasteiger partial charge in [0.1, 0.15) is 0 Å². The van der Waals surface area contributed by atoms with E-state index in [-0.39, 0.29) is 11.4 Å². The van der Waals surface area contributed by atoms with Crippen molar-refractivity contribution in [1.29, 1.82) is 0 Å². The maximum atomic E-state index is 12.2. The SMILES string of the molecule is NC(=O)c1ccc2ccc(C(=O)N(O)c3ccn[nH]3)cc2c1. The summed E-state index contributed by atoms with van der Waals surface area (Å²) >= 11 is 0. The smallest absolute Gasteiger partial charge is 0.283 e. The van der Waals surface area contributed by atoms with Crippen LogP contribution in [0.25, 0.3) is 10.8 Å². The van der Waals surface area contributed by atoms with Crippen LogP contribution in [0, 0.1) is 0 Å². The Morgan fingerprint density at radius 2 is 1.73 bits per heavy atom. The summed E-state index contributed by atoms with van der Waals surface area (Å²) in [5, 5.41) is 18.1. The molecule has 2 aromatic carbocycles. The molecule has 22 heavy (non-hydrogen) atoms. The monoisotopic (exact) mass is 296 g/mol. The van der Waals surface area contributed by atoms with Gasteiger partial charge in [0, 0.05) is 17.2 Å². The number of aromatic amines is 1. The number of hydroxylamine groups is 1. The fourth-order valence-electron chi connectivity index (χ4n) is 2.13. The molecular formula is C15H12N4O3. The highest BCUT2D eigenvalue weighted by molar-refractivity contribution is 6.06. The number of H-pyrrole nitrogens is 1. The lowest BCUT2D eigenvalue weighted by atomic mass is 10.0. The molecule has 0 aliphatic rings. The van der Waals surface area contributed by atoms with Gasteiger partial charge in [-0.1, -0.05) is 12.1 Å². The molecule has 4 N–H and O–H groups in total. The molecule has 3 rings (SSSR count). The van der Waals surface area contributed by atoms with E-state index in [1.807, 2.05) is 0 Å². The second-order valence-corrected chi connectivity index (χ2v) is 4.70. The van der Waals surface area contributed by atoms with Crippen molar-refractivity contribution in [2.45, 2.75) is 0 Å². The largest absolute Gasteiger partial charge is 0.366 e. The molecule has 0 saturated carbocycles. The Balaban J connectivity index is 2.00. The maximum Gasteiger partial charge on any atom is 0.283 e. The number of rotatable bonds is 3. The maximum absolute atomic E-state index is 12.2. The van der Waals surface area contributed by atoms with Crippen molar-refractivity contribution in [3.05, 3.63) is 59.8 Å². The van der Waals surface area contributed by atoms with E-state index >= 15 is 0 Å². The van der Waals surface area contributed by atoms with Crippen LogP contribution in [0.1, 0.15) is 20.7 Å². The molecule has 0 atom stereocenters. The van der Waals surface area contributed by atoms with E-state index in [9.17, 15) is 14.8 Å².